The fourth-order valence-electron chi connectivity index (χ4n) is 3.59. The lowest BCUT2D eigenvalue weighted by Gasteiger charge is -2.37. The highest BCUT2D eigenvalue weighted by Gasteiger charge is 2.73. The lowest BCUT2D eigenvalue weighted by Crippen LogP contribution is -2.55. The minimum Gasteiger partial charge on any atom is -0.497 e. The van der Waals surface area contributed by atoms with Gasteiger partial charge in [0, 0.05) is 12.0 Å². The molecule has 0 unspecified atom stereocenters. The summed E-state index contributed by atoms with van der Waals surface area (Å²) in [4.78, 5) is 11.6. The van der Waals surface area contributed by atoms with E-state index in [2.05, 4.69) is 4.74 Å². The van der Waals surface area contributed by atoms with Crippen molar-refractivity contribution in [1.82, 2.24) is 0 Å². The maximum atomic E-state index is 14.1. The minimum absolute atomic E-state index is 0.0591. The molecule has 3 aromatic carbocycles. The van der Waals surface area contributed by atoms with E-state index in [4.69, 9.17) is 9.47 Å². The molecule has 3 aromatic rings. The first-order valence-corrected chi connectivity index (χ1v) is 10.8. The van der Waals surface area contributed by atoms with Crippen LogP contribution in [0.25, 0.3) is 0 Å². The zero-order valence-electron chi connectivity index (χ0n) is 19.3. The van der Waals surface area contributed by atoms with Gasteiger partial charge in [-0.2, -0.15) is 26.3 Å². The molecule has 37 heavy (non-hydrogen) atoms. The normalized spacial score (nSPS) is 13.2. The Morgan fingerprint density at radius 2 is 1.32 bits per heavy atom. The number of carbonyl (C=O) groups is 1. The Balaban J connectivity index is 1.90. The summed E-state index contributed by atoms with van der Waals surface area (Å²) in [6.45, 7) is -1.00. The molecule has 0 bridgehead atoms. The molecule has 0 radical (unpaired) electrons. The zero-order chi connectivity index (χ0) is 27.3. The summed E-state index contributed by atoms with van der Waals surface area (Å²) in [7, 11) is 1.36. The first-order chi connectivity index (χ1) is 17.4. The second-order valence-electron chi connectivity index (χ2n) is 7.97. The van der Waals surface area contributed by atoms with Crippen molar-refractivity contribution in [3.63, 3.8) is 0 Å². The summed E-state index contributed by atoms with van der Waals surface area (Å²) in [5.74, 6) is -1.21. The quantitative estimate of drug-likeness (QED) is 0.313. The predicted octanol–water partition coefficient (Wildman–Crippen LogP) is 6.31. The van der Waals surface area contributed by atoms with Gasteiger partial charge in [0.15, 0.2) is 6.10 Å². The highest BCUT2D eigenvalue weighted by molar-refractivity contribution is 5.73. The van der Waals surface area contributed by atoms with Crippen molar-refractivity contribution in [2.24, 2.45) is 0 Å². The maximum absolute atomic E-state index is 14.1. The molecular formula is C26H22F6O5. The molecule has 0 saturated heterocycles. The standard InChI is InChI=1S/C26H22F6O5/c1-35-20-11-7-18(8-12-20)16-36-24(25(27,28)29,26(30,31)32)19-9-13-21(14-10-19)37-22(23(33)34)15-17-5-3-2-4-6-17/h2-14,22H,15-16H2,1H3,(H,33,34)/t22-/m1/s1. The summed E-state index contributed by atoms with van der Waals surface area (Å²) in [5, 5.41) is 9.45. The lowest BCUT2D eigenvalue weighted by atomic mass is 9.91. The van der Waals surface area contributed by atoms with Crippen LogP contribution in [0.3, 0.4) is 0 Å². The molecule has 11 heteroatoms. The molecule has 0 spiro atoms. The van der Waals surface area contributed by atoms with Gasteiger partial charge in [-0.15, -0.1) is 0 Å². The SMILES string of the molecule is COc1ccc(COC(c2ccc(O[C@H](Cc3ccccc3)C(=O)O)cc2)(C(F)(F)F)C(F)(F)F)cc1. The molecule has 0 aliphatic heterocycles. The number of carboxylic acid groups (broad SMARTS) is 1. The molecule has 0 aromatic heterocycles. The molecule has 1 N–H and O–H groups in total. The van der Waals surface area contributed by atoms with Crippen molar-refractivity contribution in [1.29, 1.82) is 0 Å². The van der Waals surface area contributed by atoms with Crippen LogP contribution in [-0.2, 0) is 28.2 Å². The second kappa shape index (κ2) is 11.1. The topological polar surface area (TPSA) is 65.0 Å². The molecular weight excluding hydrogens is 506 g/mol. The molecule has 0 fully saturated rings. The van der Waals surface area contributed by atoms with Crippen LogP contribution in [0.15, 0.2) is 78.9 Å². The van der Waals surface area contributed by atoms with Crippen LogP contribution in [0.5, 0.6) is 11.5 Å². The van der Waals surface area contributed by atoms with Crippen molar-refractivity contribution in [2.75, 3.05) is 7.11 Å². The highest BCUT2D eigenvalue weighted by Crippen LogP contribution is 2.53. The largest absolute Gasteiger partial charge is 0.497 e. The van der Waals surface area contributed by atoms with Gasteiger partial charge in [0.05, 0.1) is 13.7 Å². The van der Waals surface area contributed by atoms with Crippen molar-refractivity contribution in [3.05, 3.63) is 95.6 Å². The number of carboxylic acids is 1. The first kappa shape index (κ1) is 27.9. The average molecular weight is 528 g/mol. The van der Waals surface area contributed by atoms with Gasteiger partial charge in [-0.1, -0.05) is 54.6 Å². The Labute approximate surface area is 208 Å². The Morgan fingerprint density at radius 3 is 1.81 bits per heavy atom. The molecule has 3 rings (SSSR count). The molecule has 1 atom stereocenters. The number of benzene rings is 3. The van der Waals surface area contributed by atoms with E-state index in [-0.39, 0.29) is 17.7 Å². The van der Waals surface area contributed by atoms with E-state index < -0.39 is 42.2 Å². The van der Waals surface area contributed by atoms with Crippen molar-refractivity contribution >= 4 is 5.97 Å². The Kier molecular flexibility index (Phi) is 8.37. The van der Waals surface area contributed by atoms with E-state index in [1.807, 2.05) is 0 Å². The van der Waals surface area contributed by atoms with Crippen LogP contribution in [0, 0.1) is 0 Å². The Morgan fingerprint density at radius 1 is 0.784 bits per heavy atom. The Bertz CT molecular complexity index is 1150. The first-order valence-electron chi connectivity index (χ1n) is 10.8. The van der Waals surface area contributed by atoms with E-state index in [1.165, 1.54) is 31.4 Å². The summed E-state index contributed by atoms with van der Waals surface area (Å²) in [6.07, 6.45) is -13.2. The highest BCUT2D eigenvalue weighted by atomic mass is 19.4. The van der Waals surface area contributed by atoms with Gasteiger partial charge in [0.25, 0.3) is 5.60 Å². The zero-order valence-corrected chi connectivity index (χ0v) is 19.3. The second-order valence-corrected chi connectivity index (χ2v) is 7.97. The van der Waals surface area contributed by atoms with E-state index >= 15 is 0 Å². The van der Waals surface area contributed by atoms with Crippen LogP contribution in [0.2, 0.25) is 0 Å². The van der Waals surface area contributed by atoms with Crippen LogP contribution in [0.4, 0.5) is 26.3 Å². The van der Waals surface area contributed by atoms with Gasteiger partial charge in [0.2, 0.25) is 0 Å². The molecule has 0 heterocycles. The van der Waals surface area contributed by atoms with Gasteiger partial charge in [-0.3, -0.25) is 0 Å². The van der Waals surface area contributed by atoms with E-state index in [0.717, 1.165) is 12.1 Å². The maximum Gasteiger partial charge on any atom is 0.430 e. The number of hydrogen-bond acceptors (Lipinski definition) is 4. The molecule has 0 saturated carbocycles. The molecule has 0 aliphatic rings. The fourth-order valence-corrected chi connectivity index (χ4v) is 3.59. The van der Waals surface area contributed by atoms with Gasteiger partial charge in [-0.05, 0) is 35.4 Å². The van der Waals surface area contributed by atoms with Crippen LogP contribution >= 0.6 is 0 Å². The fraction of sp³-hybridized carbons (Fsp3) is 0.269. The van der Waals surface area contributed by atoms with Crippen molar-refractivity contribution in [3.8, 4) is 11.5 Å². The summed E-state index contributed by atoms with van der Waals surface area (Å²) in [5.41, 5.74) is -5.20. The van der Waals surface area contributed by atoms with Gasteiger partial charge in [0.1, 0.15) is 11.5 Å². The molecule has 0 aliphatic carbocycles. The molecule has 5 nitrogen and oxygen atoms in total. The number of ether oxygens (including phenoxy) is 3. The average Bonchev–Trinajstić information content (AvgIpc) is 2.84. The number of rotatable bonds is 10. The number of methoxy groups -OCH3 is 1. The lowest BCUT2D eigenvalue weighted by molar-refractivity contribution is -0.392. The summed E-state index contributed by atoms with van der Waals surface area (Å²) >= 11 is 0. The van der Waals surface area contributed by atoms with E-state index in [0.29, 0.717) is 23.4 Å². The smallest absolute Gasteiger partial charge is 0.430 e. The van der Waals surface area contributed by atoms with Crippen LogP contribution < -0.4 is 9.47 Å². The van der Waals surface area contributed by atoms with Crippen LogP contribution in [-0.4, -0.2) is 36.6 Å². The third kappa shape index (κ3) is 6.34. The third-order valence-corrected chi connectivity index (χ3v) is 5.49. The Hall–Kier alpha value is -3.73. The summed E-state index contributed by atoms with van der Waals surface area (Å²) < 4.78 is 99.3. The predicted molar refractivity (Wildman–Crippen MR) is 120 cm³/mol. The number of aliphatic carboxylic acids is 1. The van der Waals surface area contributed by atoms with E-state index in [9.17, 15) is 36.2 Å². The molecule has 198 valence electrons. The van der Waals surface area contributed by atoms with Gasteiger partial charge < -0.3 is 19.3 Å². The number of halogens is 6. The van der Waals surface area contributed by atoms with Crippen LogP contribution in [0.1, 0.15) is 16.7 Å². The van der Waals surface area contributed by atoms with Crippen molar-refractivity contribution in [2.45, 2.75) is 37.1 Å². The number of alkyl halides is 6. The summed E-state index contributed by atoms with van der Waals surface area (Å²) in [6, 6.07) is 16.5. The van der Waals surface area contributed by atoms with Crippen molar-refractivity contribution < 1.29 is 50.5 Å². The minimum atomic E-state index is -5.88. The monoisotopic (exact) mass is 528 g/mol. The molecule has 0 amide bonds. The third-order valence-electron chi connectivity index (χ3n) is 5.49. The van der Waals surface area contributed by atoms with Gasteiger partial charge in [-0.25, -0.2) is 4.79 Å². The van der Waals surface area contributed by atoms with E-state index in [1.54, 1.807) is 30.3 Å². The number of hydrogen-bond donors (Lipinski definition) is 1. The van der Waals surface area contributed by atoms with Gasteiger partial charge >= 0.3 is 18.3 Å².